The zero-order chi connectivity index (χ0) is 13.3. The van der Waals surface area contributed by atoms with Crippen molar-refractivity contribution in [3.8, 4) is 0 Å². The molecule has 0 aliphatic carbocycles. The summed E-state index contributed by atoms with van der Waals surface area (Å²) in [4.78, 5) is 24.0. The van der Waals surface area contributed by atoms with Crippen LogP contribution in [0, 0.1) is 33.6 Å². The van der Waals surface area contributed by atoms with Crippen LogP contribution in [0.25, 0.3) is 0 Å². The predicted octanol–water partition coefficient (Wildman–Crippen LogP) is 3.33. The molecule has 0 N–H and O–H groups in total. The summed E-state index contributed by atoms with van der Waals surface area (Å²) < 4.78 is 0. The summed E-state index contributed by atoms with van der Waals surface area (Å²) in [5.74, 6) is -0.898. The quantitative estimate of drug-likeness (QED) is 0.591. The number of rotatable bonds is 3. The van der Waals surface area contributed by atoms with Crippen LogP contribution < -0.4 is 0 Å². The number of ketones is 2. The van der Waals surface area contributed by atoms with E-state index in [0.29, 0.717) is 5.56 Å². The lowest BCUT2D eigenvalue weighted by atomic mass is 9.88. The van der Waals surface area contributed by atoms with Crippen LogP contribution in [0.1, 0.15) is 46.5 Å². The molecule has 1 aromatic rings. The second-order valence-corrected chi connectivity index (χ2v) is 4.98. The molecule has 0 unspecified atom stereocenters. The van der Waals surface area contributed by atoms with E-state index in [1.807, 2.05) is 27.7 Å². The Bertz CT molecular complexity index is 456. The first kappa shape index (κ1) is 13.6. The third-order valence-corrected chi connectivity index (χ3v) is 3.34. The highest BCUT2D eigenvalue weighted by Gasteiger charge is 2.24. The van der Waals surface area contributed by atoms with E-state index in [1.54, 1.807) is 13.8 Å². The second kappa shape index (κ2) is 4.82. The van der Waals surface area contributed by atoms with E-state index in [-0.39, 0.29) is 17.5 Å². The summed E-state index contributed by atoms with van der Waals surface area (Å²) in [5, 5.41) is 0. The fraction of sp³-hybridized carbons (Fsp3) is 0.467. The first-order chi connectivity index (χ1) is 7.77. The van der Waals surface area contributed by atoms with Gasteiger partial charge >= 0.3 is 0 Å². The number of aryl methyl sites for hydroxylation is 2. The van der Waals surface area contributed by atoms with Crippen molar-refractivity contribution in [3.63, 3.8) is 0 Å². The zero-order valence-electron chi connectivity index (χ0n) is 11.5. The van der Waals surface area contributed by atoms with Crippen LogP contribution >= 0.6 is 0 Å². The molecule has 0 amide bonds. The largest absolute Gasteiger partial charge is 0.290 e. The number of Topliss-reactive ketones (excluding diaryl/α,β-unsaturated/α-hetero) is 2. The topological polar surface area (TPSA) is 34.1 Å². The normalized spacial score (nSPS) is 10.8. The van der Waals surface area contributed by atoms with Gasteiger partial charge in [-0.2, -0.15) is 0 Å². The zero-order valence-corrected chi connectivity index (χ0v) is 11.5. The smallest absolute Gasteiger partial charge is 0.229 e. The van der Waals surface area contributed by atoms with Crippen LogP contribution in [0.3, 0.4) is 0 Å². The summed E-state index contributed by atoms with van der Waals surface area (Å²) in [5.41, 5.74) is 4.57. The molecule has 0 atom stereocenters. The van der Waals surface area contributed by atoms with E-state index in [4.69, 9.17) is 0 Å². The van der Waals surface area contributed by atoms with Gasteiger partial charge in [-0.1, -0.05) is 19.9 Å². The SMILES string of the molecule is Cc1cc(C)c(C)c(C(=O)C(=O)C(C)C)c1C. The van der Waals surface area contributed by atoms with Gasteiger partial charge in [-0.25, -0.2) is 0 Å². The van der Waals surface area contributed by atoms with Crippen LogP contribution in [-0.2, 0) is 4.79 Å². The molecule has 0 bridgehead atoms. The maximum absolute atomic E-state index is 12.2. The van der Waals surface area contributed by atoms with E-state index >= 15 is 0 Å². The van der Waals surface area contributed by atoms with Gasteiger partial charge in [0.25, 0.3) is 0 Å². The Morgan fingerprint density at radius 2 is 1.35 bits per heavy atom. The molecule has 92 valence electrons. The molecule has 1 aromatic carbocycles. The molecule has 0 aliphatic rings. The highest BCUT2D eigenvalue weighted by atomic mass is 16.2. The Hall–Kier alpha value is -1.44. The highest BCUT2D eigenvalue weighted by molar-refractivity contribution is 6.44. The molecule has 0 radical (unpaired) electrons. The van der Waals surface area contributed by atoms with Crippen molar-refractivity contribution in [1.82, 2.24) is 0 Å². The average molecular weight is 232 g/mol. The van der Waals surface area contributed by atoms with Gasteiger partial charge in [0.2, 0.25) is 11.6 Å². The molecule has 0 spiro atoms. The van der Waals surface area contributed by atoms with Crippen molar-refractivity contribution in [2.24, 2.45) is 5.92 Å². The minimum absolute atomic E-state index is 0.248. The van der Waals surface area contributed by atoms with Gasteiger partial charge in [-0.3, -0.25) is 9.59 Å². The fourth-order valence-electron chi connectivity index (χ4n) is 1.94. The average Bonchev–Trinajstić information content (AvgIpc) is 2.25. The summed E-state index contributed by atoms with van der Waals surface area (Å²) >= 11 is 0. The summed E-state index contributed by atoms with van der Waals surface area (Å²) in [6.07, 6.45) is 0. The van der Waals surface area contributed by atoms with Gasteiger partial charge in [0.05, 0.1) is 0 Å². The van der Waals surface area contributed by atoms with E-state index in [9.17, 15) is 9.59 Å². The molecule has 17 heavy (non-hydrogen) atoms. The molecule has 0 aliphatic heterocycles. The molecule has 1 rings (SSSR count). The van der Waals surface area contributed by atoms with Gasteiger partial charge < -0.3 is 0 Å². The molecule has 0 saturated heterocycles. The van der Waals surface area contributed by atoms with Crippen molar-refractivity contribution < 1.29 is 9.59 Å². The Morgan fingerprint density at radius 3 is 1.71 bits per heavy atom. The maximum atomic E-state index is 12.2. The van der Waals surface area contributed by atoms with Crippen LogP contribution in [0.15, 0.2) is 6.07 Å². The minimum atomic E-state index is -0.346. The summed E-state index contributed by atoms with van der Waals surface area (Å²) in [6.45, 7) is 11.3. The minimum Gasteiger partial charge on any atom is -0.290 e. The Labute approximate surface area is 103 Å². The lowest BCUT2D eigenvalue weighted by Crippen LogP contribution is -2.22. The molecule has 0 saturated carbocycles. The maximum Gasteiger partial charge on any atom is 0.229 e. The van der Waals surface area contributed by atoms with E-state index in [0.717, 1.165) is 22.3 Å². The standard InChI is InChI=1S/C15H20O2/c1-8(2)14(16)15(17)13-11(5)9(3)7-10(4)12(13)6/h7-8H,1-6H3. The first-order valence-corrected chi connectivity index (χ1v) is 5.93. The van der Waals surface area contributed by atoms with Crippen LogP contribution in [0.2, 0.25) is 0 Å². The van der Waals surface area contributed by atoms with Crippen molar-refractivity contribution in [3.05, 3.63) is 33.9 Å². The van der Waals surface area contributed by atoms with E-state index in [2.05, 4.69) is 6.07 Å². The van der Waals surface area contributed by atoms with Crippen molar-refractivity contribution in [2.75, 3.05) is 0 Å². The Morgan fingerprint density at radius 1 is 0.941 bits per heavy atom. The van der Waals surface area contributed by atoms with Gasteiger partial charge in [0.15, 0.2) is 0 Å². The molecule has 2 nitrogen and oxygen atoms in total. The summed E-state index contributed by atoms with van der Waals surface area (Å²) in [6, 6.07) is 2.06. The van der Waals surface area contributed by atoms with E-state index < -0.39 is 0 Å². The monoisotopic (exact) mass is 232 g/mol. The predicted molar refractivity (Wildman–Crippen MR) is 69.6 cm³/mol. The second-order valence-electron chi connectivity index (χ2n) is 4.98. The molecular formula is C15H20O2. The third-order valence-electron chi connectivity index (χ3n) is 3.34. The third kappa shape index (κ3) is 2.46. The Kier molecular flexibility index (Phi) is 3.87. The molecular weight excluding hydrogens is 212 g/mol. The molecule has 0 heterocycles. The summed E-state index contributed by atoms with van der Waals surface area (Å²) in [7, 11) is 0. The van der Waals surface area contributed by atoms with Crippen LogP contribution in [0.5, 0.6) is 0 Å². The number of hydrogen-bond donors (Lipinski definition) is 0. The van der Waals surface area contributed by atoms with Gasteiger partial charge in [0.1, 0.15) is 0 Å². The lowest BCUT2D eigenvalue weighted by Gasteiger charge is -2.14. The number of carbonyl (C=O) groups excluding carboxylic acids is 2. The van der Waals surface area contributed by atoms with Crippen molar-refractivity contribution in [1.29, 1.82) is 0 Å². The number of carbonyl (C=O) groups is 2. The fourth-order valence-corrected chi connectivity index (χ4v) is 1.94. The first-order valence-electron chi connectivity index (χ1n) is 5.93. The Balaban J connectivity index is 3.41. The lowest BCUT2D eigenvalue weighted by molar-refractivity contribution is -0.117. The van der Waals surface area contributed by atoms with E-state index in [1.165, 1.54) is 0 Å². The molecule has 0 fully saturated rings. The van der Waals surface area contributed by atoms with Crippen molar-refractivity contribution in [2.45, 2.75) is 41.5 Å². The molecule has 2 heteroatoms. The van der Waals surface area contributed by atoms with Gasteiger partial charge in [-0.05, 0) is 49.9 Å². The molecule has 0 aromatic heterocycles. The van der Waals surface area contributed by atoms with Crippen LogP contribution in [0.4, 0.5) is 0 Å². The number of hydrogen-bond acceptors (Lipinski definition) is 2. The van der Waals surface area contributed by atoms with Crippen LogP contribution in [-0.4, -0.2) is 11.6 Å². The highest BCUT2D eigenvalue weighted by Crippen LogP contribution is 2.23. The van der Waals surface area contributed by atoms with Crippen molar-refractivity contribution >= 4 is 11.6 Å². The van der Waals surface area contributed by atoms with Gasteiger partial charge in [0, 0.05) is 11.5 Å². The van der Waals surface area contributed by atoms with Gasteiger partial charge in [-0.15, -0.1) is 0 Å². The number of benzene rings is 1.